The fourth-order valence-corrected chi connectivity index (χ4v) is 6.26. The van der Waals surface area contributed by atoms with Crippen LogP contribution < -0.4 is 4.72 Å². The molecule has 0 spiro atoms. The van der Waals surface area contributed by atoms with E-state index >= 15 is 0 Å². The zero-order valence-electron chi connectivity index (χ0n) is 19.5. The molecule has 0 amide bonds. The van der Waals surface area contributed by atoms with Gasteiger partial charge >= 0.3 is 5.97 Å². The van der Waals surface area contributed by atoms with Crippen LogP contribution in [0.25, 0.3) is 0 Å². The van der Waals surface area contributed by atoms with Gasteiger partial charge < -0.3 is 4.74 Å². The summed E-state index contributed by atoms with van der Waals surface area (Å²) in [6.45, 7) is 2.96. The second kappa shape index (κ2) is 11.4. The third-order valence-electron chi connectivity index (χ3n) is 5.86. The van der Waals surface area contributed by atoms with Crippen molar-refractivity contribution >= 4 is 53.5 Å². The van der Waals surface area contributed by atoms with Gasteiger partial charge in [0.2, 0.25) is 10.0 Å². The summed E-state index contributed by atoms with van der Waals surface area (Å²) in [6.07, 6.45) is 0. The molecule has 0 unspecified atom stereocenters. The van der Waals surface area contributed by atoms with Gasteiger partial charge in [-0.05, 0) is 60.5 Å². The molecule has 0 bridgehead atoms. The number of anilines is 1. The first kappa shape index (κ1) is 26.8. The van der Waals surface area contributed by atoms with Gasteiger partial charge in [0, 0.05) is 28.0 Å². The van der Waals surface area contributed by atoms with E-state index < -0.39 is 21.8 Å². The molecule has 4 rings (SSSR count). The Morgan fingerprint density at radius 1 is 1.03 bits per heavy atom. The Morgan fingerprint density at radius 2 is 1.58 bits per heavy atom. The van der Waals surface area contributed by atoms with Crippen molar-refractivity contribution in [2.24, 2.45) is 5.92 Å². The number of benzene rings is 3. The molecule has 36 heavy (non-hydrogen) atoms. The quantitative estimate of drug-likeness (QED) is 0.291. The molecule has 1 saturated heterocycles. The standard InChI is InChI=1S/C26H25Br2FN2O4S/c1-2-35-26(32)20-11-23(29)13-24(12-20)30-36(33,34)16-17-14-31(15-17)25(18-3-7-21(27)8-4-18)19-5-9-22(28)10-6-19/h3-13,17,25,30H,2,14-16H2,1H3. The number of carbonyl (C=O) groups excluding carboxylic acids is 1. The van der Waals surface area contributed by atoms with Crippen LogP contribution in [0.2, 0.25) is 0 Å². The van der Waals surface area contributed by atoms with Crippen LogP contribution in [-0.4, -0.2) is 44.7 Å². The molecule has 3 aromatic carbocycles. The maximum atomic E-state index is 14.0. The number of nitrogens with zero attached hydrogens (tertiary/aromatic N) is 1. The lowest BCUT2D eigenvalue weighted by Gasteiger charge is -2.44. The zero-order chi connectivity index (χ0) is 25.9. The van der Waals surface area contributed by atoms with E-state index in [1.165, 1.54) is 6.07 Å². The van der Waals surface area contributed by atoms with Crippen LogP contribution >= 0.6 is 31.9 Å². The van der Waals surface area contributed by atoms with Crippen LogP contribution in [0, 0.1) is 11.7 Å². The topological polar surface area (TPSA) is 75.7 Å². The summed E-state index contributed by atoms with van der Waals surface area (Å²) >= 11 is 6.96. The van der Waals surface area contributed by atoms with E-state index in [1.54, 1.807) is 6.92 Å². The van der Waals surface area contributed by atoms with Gasteiger partial charge in [0.25, 0.3) is 0 Å². The summed E-state index contributed by atoms with van der Waals surface area (Å²) in [5, 5.41) is 0. The van der Waals surface area contributed by atoms with Gasteiger partial charge in [-0.3, -0.25) is 9.62 Å². The number of ether oxygens (including phenoxy) is 1. The molecule has 190 valence electrons. The first-order valence-electron chi connectivity index (χ1n) is 11.4. The predicted octanol–water partition coefficient (Wildman–Crippen LogP) is 5.99. The average Bonchev–Trinajstić information content (AvgIpc) is 2.79. The minimum absolute atomic E-state index is 0.00293. The van der Waals surface area contributed by atoms with E-state index in [0.717, 1.165) is 32.2 Å². The van der Waals surface area contributed by atoms with E-state index in [9.17, 15) is 17.6 Å². The summed E-state index contributed by atoms with van der Waals surface area (Å²) < 4.78 is 48.9. The Bertz CT molecular complexity index is 1280. The Morgan fingerprint density at radius 3 is 2.11 bits per heavy atom. The number of rotatable bonds is 9. The number of hydrogen-bond acceptors (Lipinski definition) is 5. The summed E-state index contributed by atoms with van der Waals surface area (Å²) in [7, 11) is -3.76. The number of carbonyl (C=O) groups is 1. The Balaban J connectivity index is 1.44. The van der Waals surface area contributed by atoms with Crippen molar-refractivity contribution in [3.8, 4) is 0 Å². The molecule has 0 aliphatic carbocycles. The lowest BCUT2D eigenvalue weighted by atomic mass is 9.91. The molecule has 3 aromatic rings. The summed E-state index contributed by atoms with van der Waals surface area (Å²) in [6, 6.07) is 19.6. The molecular weight excluding hydrogens is 615 g/mol. The highest BCUT2D eigenvalue weighted by Crippen LogP contribution is 2.36. The maximum absolute atomic E-state index is 14.0. The second-order valence-electron chi connectivity index (χ2n) is 8.66. The molecular formula is C26H25Br2FN2O4S. The molecule has 1 N–H and O–H groups in total. The minimum Gasteiger partial charge on any atom is -0.462 e. The van der Waals surface area contributed by atoms with Crippen molar-refractivity contribution in [1.82, 2.24) is 4.90 Å². The highest BCUT2D eigenvalue weighted by atomic mass is 79.9. The monoisotopic (exact) mass is 638 g/mol. The normalized spacial score (nSPS) is 14.5. The minimum atomic E-state index is -3.76. The predicted molar refractivity (Wildman–Crippen MR) is 145 cm³/mol. The third kappa shape index (κ3) is 6.73. The van der Waals surface area contributed by atoms with Crippen molar-refractivity contribution in [2.75, 3.05) is 30.2 Å². The number of likely N-dealkylation sites (tertiary alicyclic amines) is 1. The fourth-order valence-electron chi connectivity index (χ4n) is 4.34. The molecule has 1 fully saturated rings. The van der Waals surface area contributed by atoms with Crippen LogP contribution in [0.15, 0.2) is 75.7 Å². The van der Waals surface area contributed by atoms with Gasteiger partial charge in [0.1, 0.15) is 5.82 Å². The van der Waals surface area contributed by atoms with Gasteiger partial charge in [-0.25, -0.2) is 17.6 Å². The van der Waals surface area contributed by atoms with Crippen molar-refractivity contribution in [2.45, 2.75) is 13.0 Å². The Hall–Kier alpha value is -2.27. The van der Waals surface area contributed by atoms with E-state index in [4.69, 9.17) is 4.74 Å². The summed E-state index contributed by atoms with van der Waals surface area (Å²) in [5.41, 5.74) is 2.19. The average molecular weight is 640 g/mol. The lowest BCUT2D eigenvalue weighted by molar-refractivity contribution is 0.0526. The SMILES string of the molecule is CCOC(=O)c1cc(F)cc(NS(=O)(=O)CC2CN(C(c3ccc(Br)cc3)c3ccc(Br)cc3)C2)c1. The van der Waals surface area contributed by atoms with Crippen LogP contribution in [0.3, 0.4) is 0 Å². The molecule has 0 saturated carbocycles. The summed E-state index contributed by atoms with van der Waals surface area (Å²) in [5.74, 6) is -1.63. The highest BCUT2D eigenvalue weighted by Gasteiger charge is 2.36. The number of halogens is 3. The Kier molecular flexibility index (Phi) is 8.49. The zero-order valence-corrected chi connectivity index (χ0v) is 23.4. The van der Waals surface area contributed by atoms with Gasteiger partial charge in [-0.15, -0.1) is 0 Å². The molecule has 0 aromatic heterocycles. The number of nitrogens with one attached hydrogen (secondary N) is 1. The second-order valence-corrected chi connectivity index (χ2v) is 12.3. The number of sulfonamides is 1. The van der Waals surface area contributed by atoms with Crippen molar-refractivity contribution < 1.29 is 22.3 Å². The van der Waals surface area contributed by atoms with Crippen molar-refractivity contribution in [3.63, 3.8) is 0 Å². The van der Waals surface area contributed by atoms with E-state index in [0.29, 0.717) is 13.1 Å². The molecule has 10 heteroatoms. The van der Waals surface area contributed by atoms with Gasteiger partial charge in [-0.2, -0.15) is 0 Å². The van der Waals surface area contributed by atoms with E-state index in [2.05, 4.69) is 65.7 Å². The molecule has 1 heterocycles. The van der Waals surface area contributed by atoms with Crippen molar-refractivity contribution in [1.29, 1.82) is 0 Å². The third-order valence-corrected chi connectivity index (χ3v) is 8.37. The highest BCUT2D eigenvalue weighted by molar-refractivity contribution is 9.10. The van der Waals surface area contributed by atoms with Crippen LogP contribution in [0.1, 0.15) is 34.5 Å². The molecule has 1 aliphatic heterocycles. The van der Waals surface area contributed by atoms with Gasteiger partial charge in [0.05, 0.1) is 29.7 Å². The molecule has 0 radical (unpaired) electrons. The van der Waals surface area contributed by atoms with Gasteiger partial charge in [0.15, 0.2) is 0 Å². The van der Waals surface area contributed by atoms with Crippen LogP contribution in [0.5, 0.6) is 0 Å². The van der Waals surface area contributed by atoms with E-state index in [-0.39, 0.29) is 35.6 Å². The first-order valence-corrected chi connectivity index (χ1v) is 14.6. The van der Waals surface area contributed by atoms with Crippen LogP contribution in [-0.2, 0) is 14.8 Å². The first-order chi connectivity index (χ1) is 17.1. The van der Waals surface area contributed by atoms with Gasteiger partial charge in [-0.1, -0.05) is 56.1 Å². The molecule has 6 nitrogen and oxygen atoms in total. The lowest BCUT2D eigenvalue weighted by Crippen LogP contribution is -2.51. The van der Waals surface area contributed by atoms with Crippen LogP contribution in [0.4, 0.5) is 10.1 Å². The number of esters is 1. The smallest absolute Gasteiger partial charge is 0.338 e. The Labute approximate surface area is 227 Å². The number of hydrogen-bond donors (Lipinski definition) is 1. The maximum Gasteiger partial charge on any atom is 0.338 e. The molecule has 0 atom stereocenters. The molecule has 1 aliphatic rings. The fraction of sp³-hybridized carbons (Fsp3) is 0.269. The summed E-state index contributed by atoms with van der Waals surface area (Å²) in [4.78, 5) is 14.2. The van der Waals surface area contributed by atoms with Crippen molar-refractivity contribution in [3.05, 3.63) is 98.2 Å². The largest absolute Gasteiger partial charge is 0.462 e. The van der Waals surface area contributed by atoms with E-state index in [1.807, 2.05) is 24.3 Å².